The van der Waals surface area contributed by atoms with Gasteiger partial charge in [0.05, 0.1) is 27.9 Å². The van der Waals surface area contributed by atoms with Crippen LogP contribution in [0.2, 0.25) is 10.0 Å². The van der Waals surface area contributed by atoms with Gasteiger partial charge in [0, 0.05) is 19.7 Å². The third kappa shape index (κ3) is 5.23. The Morgan fingerprint density at radius 1 is 0.902 bits per heavy atom. The molecule has 5 aromatic rings. The first-order valence-electron chi connectivity index (χ1n) is 12.4. The fourth-order valence-electron chi connectivity index (χ4n) is 4.70. The fourth-order valence-corrected chi connectivity index (χ4v) is 7.13. The van der Waals surface area contributed by atoms with Crippen LogP contribution in [-0.4, -0.2) is 17.0 Å². The van der Waals surface area contributed by atoms with Crippen LogP contribution in [0.25, 0.3) is 10.4 Å². The van der Waals surface area contributed by atoms with E-state index in [0.717, 1.165) is 42.7 Å². The molecule has 0 saturated carbocycles. The lowest BCUT2D eigenvalue weighted by molar-refractivity contribution is 0.0703. The number of nitrogens with zero attached hydrogens (tertiary/aromatic N) is 2. The van der Waals surface area contributed by atoms with Gasteiger partial charge in [-0.1, -0.05) is 83.5 Å². The molecule has 0 bridgehead atoms. The largest absolute Gasteiger partial charge is 0.477 e. The molecule has 0 fully saturated rings. The number of amides is 1. The summed E-state index contributed by atoms with van der Waals surface area (Å²) in [7, 11) is 0. The molecule has 0 saturated heterocycles. The first-order chi connectivity index (χ1) is 19.9. The number of carboxylic acid groups (broad SMARTS) is 1. The number of carbonyl (C=O) groups excluding carboxylic acids is 1. The van der Waals surface area contributed by atoms with Gasteiger partial charge in [0.2, 0.25) is 0 Å². The molecule has 1 aromatic heterocycles. The van der Waals surface area contributed by atoms with Crippen molar-refractivity contribution in [1.29, 1.82) is 5.26 Å². The summed E-state index contributed by atoms with van der Waals surface area (Å²) in [5.41, 5.74) is 3.74. The molecule has 0 spiro atoms. The van der Waals surface area contributed by atoms with Gasteiger partial charge < -0.3 is 5.11 Å². The zero-order valence-corrected chi connectivity index (χ0v) is 24.2. The highest BCUT2D eigenvalue weighted by Crippen LogP contribution is 2.52. The molecule has 1 unspecified atom stereocenters. The molecule has 1 amide bonds. The Labute approximate surface area is 254 Å². The predicted octanol–water partition coefficient (Wildman–Crippen LogP) is 9.19. The summed E-state index contributed by atoms with van der Waals surface area (Å²) in [6.07, 6.45) is 0. The molecular formula is C32H18Cl2N2O3S2. The molecule has 0 aliphatic heterocycles. The van der Waals surface area contributed by atoms with E-state index < -0.39 is 17.9 Å². The average Bonchev–Trinajstić information content (AvgIpc) is 3.48. The second-order valence-electron chi connectivity index (χ2n) is 9.20. The van der Waals surface area contributed by atoms with E-state index in [-0.39, 0.29) is 15.5 Å². The summed E-state index contributed by atoms with van der Waals surface area (Å²) in [6, 6.07) is 30.8. The summed E-state index contributed by atoms with van der Waals surface area (Å²) in [5.74, 6) is -1.56. The quantitative estimate of drug-likeness (QED) is 0.198. The molecule has 1 N–H and O–H groups in total. The maximum absolute atomic E-state index is 14.2. The van der Waals surface area contributed by atoms with Gasteiger partial charge in [0.25, 0.3) is 5.91 Å². The van der Waals surface area contributed by atoms with Crippen molar-refractivity contribution < 1.29 is 14.7 Å². The molecule has 1 aliphatic rings. The zero-order valence-electron chi connectivity index (χ0n) is 21.0. The molecule has 1 aliphatic carbocycles. The number of carbonyl (C=O) groups is 2. The number of hydrogen-bond acceptors (Lipinski definition) is 5. The zero-order chi connectivity index (χ0) is 28.7. The number of carboxylic acids is 1. The Morgan fingerprint density at radius 3 is 2.39 bits per heavy atom. The average molecular weight is 614 g/mol. The van der Waals surface area contributed by atoms with Crippen LogP contribution in [-0.2, 0) is 0 Å². The van der Waals surface area contributed by atoms with Crippen LogP contribution in [0, 0.1) is 11.3 Å². The van der Waals surface area contributed by atoms with Crippen molar-refractivity contribution in [2.45, 2.75) is 15.8 Å². The predicted molar refractivity (Wildman–Crippen MR) is 164 cm³/mol. The van der Waals surface area contributed by atoms with Crippen LogP contribution in [0.15, 0.2) is 107 Å². The van der Waals surface area contributed by atoms with E-state index in [1.54, 1.807) is 24.3 Å². The number of hydrogen-bond donors (Lipinski definition) is 1. The first kappa shape index (κ1) is 27.1. The molecule has 0 radical (unpaired) electrons. The van der Waals surface area contributed by atoms with Crippen molar-refractivity contribution in [3.05, 3.63) is 134 Å². The molecule has 5 nitrogen and oxygen atoms in total. The van der Waals surface area contributed by atoms with Crippen molar-refractivity contribution in [1.82, 2.24) is 0 Å². The number of rotatable bonds is 7. The van der Waals surface area contributed by atoms with E-state index in [4.69, 9.17) is 23.2 Å². The molecule has 41 heavy (non-hydrogen) atoms. The van der Waals surface area contributed by atoms with Gasteiger partial charge in [-0.2, -0.15) is 5.26 Å². The van der Waals surface area contributed by atoms with Gasteiger partial charge in [0.15, 0.2) is 0 Å². The van der Waals surface area contributed by atoms with E-state index >= 15 is 0 Å². The SMILES string of the molecule is N#Cc1ccccc1Sc1ccc2c(c1)C2N(C(=O)c1ccc(Cl)cc1Cl)c1cc(-c2ccccc2)sc1C(=O)O. The normalized spacial score (nSPS) is 13.2. The molecule has 6 rings (SSSR count). The molecule has 1 heterocycles. The monoisotopic (exact) mass is 612 g/mol. The maximum Gasteiger partial charge on any atom is 0.348 e. The van der Waals surface area contributed by atoms with Crippen LogP contribution in [0.1, 0.15) is 42.8 Å². The van der Waals surface area contributed by atoms with Gasteiger partial charge in [0.1, 0.15) is 10.9 Å². The second kappa shape index (κ2) is 11.1. The third-order valence-electron chi connectivity index (χ3n) is 6.66. The van der Waals surface area contributed by atoms with Crippen LogP contribution >= 0.6 is 46.3 Å². The van der Waals surface area contributed by atoms with Crippen LogP contribution in [0.5, 0.6) is 0 Å². The minimum atomic E-state index is -1.12. The third-order valence-corrected chi connectivity index (χ3v) is 9.44. The number of benzene rings is 4. The fraction of sp³-hybridized carbons (Fsp3) is 0.0312. The summed E-state index contributed by atoms with van der Waals surface area (Å²) >= 11 is 15.1. The first-order valence-corrected chi connectivity index (χ1v) is 14.8. The summed E-state index contributed by atoms with van der Waals surface area (Å²) in [5, 5.41) is 20.3. The lowest BCUT2D eigenvalue weighted by Gasteiger charge is -2.23. The summed E-state index contributed by atoms with van der Waals surface area (Å²) < 4.78 is 0. The van der Waals surface area contributed by atoms with Crippen molar-refractivity contribution in [3.8, 4) is 16.5 Å². The molecule has 1 atom stereocenters. The lowest BCUT2D eigenvalue weighted by Crippen LogP contribution is -2.31. The smallest absolute Gasteiger partial charge is 0.348 e. The molecule has 4 aromatic carbocycles. The highest BCUT2D eigenvalue weighted by molar-refractivity contribution is 7.99. The number of halogens is 2. The standard InChI is InChI=1S/C32H18Cl2N2O3S2/c33-20-10-12-23(25(34)14-20)31(37)36(26-16-28(41-30(26)32(38)39)18-6-2-1-3-7-18)29-22-13-11-21(15-24(22)29)40-27-9-5-4-8-19(27)17-35/h1-16,29H,(H,38,39). The van der Waals surface area contributed by atoms with Crippen LogP contribution in [0.4, 0.5) is 5.69 Å². The second-order valence-corrected chi connectivity index (χ2v) is 12.2. The van der Waals surface area contributed by atoms with Gasteiger partial charge in [-0.25, -0.2) is 4.79 Å². The Morgan fingerprint density at radius 2 is 1.66 bits per heavy atom. The van der Waals surface area contributed by atoms with E-state index in [1.165, 1.54) is 22.7 Å². The number of fused-ring (bicyclic) bond motifs is 1. The Kier molecular flexibility index (Phi) is 7.33. The Balaban J connectivity index is 1.44. The highest BCUT2D eigenvalue weighted by Gasteiger charge is 2.44. The van der Waals surface area contributed by atoms with Crippen molar-refractivity contribution in [3.63, 3.8) is 0 Å². The maximum atomic E-state index is 14.2. The van der Waals surface area contributed by atoms with Crippen LogP contribution in [0.3, 0.4) is 0 Å². The van der Waals surface area contributed by atoms with Crippen molar-refractivity contribution >= 4 is 63.9 Å². The molecular weight excluding hydrogens is 595 g/mol. The van der Waals surface area contributed by atoms with Crippen molar-refractivity contribution in [2.75, 3.05) is 4.90 Å². The van der Waals surface area contributed by atoms with Gasteiger partial charge in [-0.3, -0.25) is 9.69 Å². The van der Waals surface area contributed by atoms with E-state index in [2.05, 4.69) is 6.07 Å². The van der Waals surface area contributed by atoms with Crippen molar-refractivity contribution in [2.24, 2.45) is 0 Å². The molecule has 200 valence electrons. The van der Waals surface area contributed by atoms with E-state index in [1.807, 2.05) is 66.7 Å². The number of anilines is 1. The number of aromatic carboxylic acids is 1. The Hall–Kier alpha value is -4.06. The van der Waals surface area contributed by atoms with E-state index in [0.29, 0.717) is 16.3 Å². The van der Waals surface area contributed by atoms with E-state index in [9.17, 15) is 20.0 Å². The number of thiophene rings is 1. The topological polar surface area (TPSA) is 81.4 Å². The minimum absolute atomic E-state index is 0.0534. The lowest BCUT2D eigenvalue weighted by atomic mass is 10.1. The van der Waals surface area contributed by atoms with Gasteiger partial charge in [-0.05, 0) is 65.2 Å². The van der Waals surface area contributed by atoms with Gasteiger partial charge in [-0.15, -0.1) is 11.3 Å². The van der Waals surface area contributed by atoms with Gasteiger partial charge >= 0.3 is 5.97 Å². The van der Waals surface area contributed by atoms with Crippen LogP contribution < -0.4 is 4.90 Å². The summed E-state index contributed by atoms with van der Waals surface area (Å²) in [4.78, 5) is 30.7. The number of nitriles is 1. The summed E-state index contributed by atoms with van der Waals surface area (Å²) in [6.45, 7) is 0. The highest BCUT2D eigenvalue weighted by atomic mass is 35.5. The Bertz CT molecular complexity index is 1880. The minimum Gasteiger partial charge on any atom is -0.477 e. The molecule has 9 heteroatoms.